The molecule has 2 aromatic rings. The normalized spacial score (nSPS) is 10.5. The molecule has 0 saturated heterocycles. The summed E-state index contributed by atoms with van der Waals surface area (Å²) < 4.78 is 10.3. The fourth-order valence-electron chi connectivity index (χ4n) is 2.32. The molecule has 26 heavy (non-hydrogen) atoms. The summed E-state index contributed by atoms with van der Waals surface area (Å²) in [4.78, 5) is 24.0. The van der Waals surface area contributed by atoms with Crippen molar-refractivity contribution in [1.29, 1.82) is 0 Å². The van der Waals surface area contributed by atoms with Crippen molar-refractivity contribution in [2.75, 3.05) is 19.5 Å². The van der Waals surface area contributed by atoms with Crippen LogP contribution in [0.25, 0.3) is 0 Å². The molecule has 0 heterocycles. The van der Waals surface area contributed by atoms with E-state index in [9.17, 15) is 9.59 Å². The zero-order valence-electron chi connectivity index (χ0n) is 15.1. The highest BCUT2D eigenvalue weighted by atomic mass is 16.5. The van der Waals surface area contributed by atoms with Crippen molar-refractivity contribution in [3.63, 3.8) is 0 Å². The zero-order chi connectivity index (χ0) is 19.1. The molecule has 0 fully saturated rings. The summed E-state index contributed by atoms with van der Waals surface area (Å²) in [5.41, 5.74) is 5.19. The molecule has 0 aliphatic carbocycles. The van der Waals surface area contributed by atoms with Crippen LogP contribution in [0.1, 0.15) is 16.7 Å². The topological polar surface area (TPSA) is 89.0 Å². The molecule has 0 aliphatic rings. The van der Waals surface area contributed by atoms with Crippen LogP contribution in [-0.4, -0.2) is 32.2 Å². The van der Waals surface area contributed by atoms with Crippen molar-refractivity contribution < 1.29 is 19.1 Å². The number of nitrogens with zero attached hydrogens (tertiary/aromatic N) is 1. The van der Waals surface area contributed by atoms with Gasteiger partial charge >= 0.3 is 11.8 Å². The third-order valence-corrected chi connectivity index (χ3v) is 3.74. The molecule has 136 valence electrons. The lowest BCUT2D eigenvalue weighted by Crippen LogP contribution is -2.32. The summed E-state index contributed by atoms with van der Waals surface area (Å²) >= 11 is 0. The van der Waals surface area contributed by atoms with Gasteiger partial charge in [-0.15, -0.1) is 0 Å². The van der Waals surface area contributed by atoms with Crippen LogP contribution in [0.3, 0.4) is 0 Å². The van der Waals surface area contributed by atoms with Gasteiger partial charge in [-0.1, -0.05) is 18.2 Å². The van der Waals surface area contributed by atoms with Gasteiger partial charge in [0.1, 0.15) is 11.5 Å². The third kappa shape index (κ3) is 4.60. The first-order valence-corrected chi connectivity index (χ1v) is 7.89. The fraction of sp³-hybridized carbons (Fsp3) is 0.211. The number of aryl methyl sites for hydroxylation is 2. The van der Waals surface area contributed by atoms with Crippen LogP contribution in [0.15, 0.2) is 41.5 Å². The van der Waals surface area contributed by atoms with Gasteiger partial charge in [-0.3, -0.25) is 9.59 Å². The highest BCUT2D eigenvalue weighted by Crippen LogP contribution is 2.23. The second-order valence-corrected chi connectivity index (χ2v) is 5.53. The number of amides is 2. The van der Waals surface area contributed by atoms with Crippen molar-refractivity contribution in [1.82, 2.24) is 5.43 Å². The van der Waals surface area contributed by atoms with E-state index in [1.54, 1.807) is 25.3 Å². The standard InChI is InChI=1S/C19H21N3O4/c1-12-6-5-7-13(2)17(12)21-18(23)19(24)22-20-11-14-8-9-15(25-3)10-16(14)26-4/h5-11H,1-4H3,(H,21,23)(H,22,24)/b20-11-. The second kappa shape index (κ2) is 8.66. The Labute approximate surface area is 152 Å². The third-order valence-electron chi connectivity index (χ3n) is 3.74. The molecular formula is C19H21N3O4. The molecule has 0 bridgehead atoms. The Hall–Kier alpha value is -3.35. The van der Waals surface area contributed by atoms with E-state index in [2.05, 4.69) is 15.8 Å². The second-order valence-electron chi connectivity index (χ2n) is 5.53. The Morgan fingerprint density at radius 3 is 2.31 bits per heavy atom. The van der Waals surface area contributed by atoms with Crippen molar-refractivity contribution >= 4 is 23.7 Å². The minimum atomic E-state index is -0.864. The van der Waals surface area contributed by atoms with Gasteiger partial charge in [-0.2, -0.15) is 5.10 Å². The van der Waals surface area contributed by atoms with Gasteiger partial charge in [0.25, 0.3) is 0 Å². The number of hydrogen-bond acceptors (Lipinski definition) is 5. The maximum absolute atomic E-state index is 12.0. The molecule has 2 rings (SSSR count). The first-order chi connectivity index (χ1) is 12.5. The number of hydrazone groups is 1. The number of nitrogens with one attached hydrogen (secondary N) is 2. The first-order valence-electron chi connectivity index (χ1n) is 7.89. The van der Waals surface area contributed by atoms with E-state index in [1.165, 1.54) is 13.3 Å². The number of ether oxygens (including phenoxy) is 2. The lowest BCUT2D eigenvalue weighted by Gasteiger charge is -2.10. The van der Waals surface area contributed by atoms with Gasteiger partial charge in [0.05, 0.1) is 20.4 Å². The van der Waals surface area contributed by atoms with Crippen LogP contribution in [0.4, 0.5) is 5.69 Å². The van der Waals surface area contributed by atoms with Crippen molar-refractivity contribution in [3.05, 3.63) is 53.1 Å². The average Bonchev–Trinajstić information content (AvgIpc) is 2.64. The largest absolute Gasteiger partial charge is 0.497 e. The van der Waals surface area contributed by atoms with Crippen LogP contribution in [0.2, 0.25) is 0 Å². The van der Waals surface area contributed by atoms with Gasteiger partial charge in [-0.25, -0.2) is 5.43 Å². The average molecular weight is 355 g/mol. The van der Waals surface area contributed by atoms with Crippen LogP contribution in [-0.2, 0) is 9.59 Å². The summed E-state index contributed by atoms with van der Waals surface area (Å²) in [6.07, 6.45) is 1.39. The number of para-hydroxylation sites is 1. The Morgan fingerprint density at radius 2 is 1.69 bits per heavy atom. The molecule has 2 aromatic carbocycles. The van der Waals surface area contributed by atoms with E-state index in [0.29, 0.717) is 22.7 Å². The van der Waals surface area contributed by atoms with E-state index >= 15 is 0 Å². The quantitative estimate of drug-likeness (QED) is 0.490. The molecule has 0 unspecified atom stereocenters. The molecule has 0 radical (unpaired) electrons. The SMILES string of the molecule is COc1ccc(/C=N\NC(=O)C(=O)Nc2c(C)cccc2C)c(OC)c1. The van der Waals surface area contributed by atoms with E-state index in [0.717, 1.165) is 11.1 Å². The maximum atomic E-state index is 12.0. The predicted octanol–water partition coefficient (Wildman–Crippen LogP) is 2.41. The van der Waals surface area contributed by atoms with Crippen molar-refractivity contribution in [3.8, 4) is 11.5 Å². The van der Waals surface area contributed by atoms with Gasteiger partial charge < -0.3 is 14.8 Å². The molecule has 0 atom stereocenters. The van der Waals surface area contributed by atoms with Crippen LogP contribution in [0.5, 0.6) is 11.5 Å². The fourth-order valence-corrected chi connectivity index (χ4v) is 2.32. The molecule has 0 aromatic heterocycles. The lowest BCUT2D eigenvalue weighted by atomic mass is 10.1. The van der Waals surface area contributed by atoms with E-state index in [1.807, 2.05) is 32.0 Å². The summed E-state index contributed by atoms with van der Waals surface area (Å²) in [6, 6.07) is 10.7. The molecule has 0 saturated carbocycles. The van der Waals surface area contributed by atoms with Gasteiger partial charge in [-0.05, 0) is 37.1 Å². The molecule has 2 N–H and O–H groups in total. The number of methoxy groups -OCH3 is 2. The Kier molecular flexibility index (Phi) is 6.32. The predicted molar refractivity (Wildman–Crippen MR) is 99.8 cm³/mol. The van der Waals surface area contributed by atoms with Gasteiger partial charge in [0, 0.05) is 17.3 Å². The Morgan fingerprint density at radius 1 is 1.00 bits per heavy atom. The number of rotatable bonds is 5. The number of anilines is 1. The van der Waals surface area contributed by atoms with Gasteiger partial charge in [0.2, 0.25) is 0 Å². The molecule has 0 spiro atoms. The summed E-state index contributed by atoms with van der Waals surface area (Å²) in [5, 5.41) is 6.41. The van der Waals surface area contributed by atoms with Crippen molar-refractivity contribution in [2.45, 2.75) is 13.8 Å². The number of hydrogen-bond donors (Lipinski definition) is 2. The number of benzene rings is 2. The molecule has 2 amide bonds. The minimum Gasteiger partial charge on any atom is -0.497 e. The van der Waals surface area contributed by atoms with Crippen LogP contribution < -0.4 is 20.2 Å². The number of carbonyl (C=O) groups is 2. The molecule has 0 aliphatic heterocycles. The molecular weight excluding hydrogens is 334 g/mol. The summed E-state index contributed by atoms with van der Waals surface area (Å²) in [7, 11) is 3.07. The highest BCUT2D eigenvalue weighted by molar-refractivity contribution is 6.39. The highest BCUT2D eigenvalue weighted by Gasteiger charge is 2.15. The van der Waals surface area contributed by atoms with Crippen molar-refractivity contribution in [2.24, 2.45) is 5.10 Å². The summed E-state index contributed by atoms with van der Waals surface area (Å²) in [6.45, 7) is 3.71. The molecule has 7 nitrogen and oxygen atoms in total. The minimum absolute atomic E-state index is 0.530. The Balaban J connectivity index is 2.02. The smallest absolute Gasteiger partial charge is 0.329 e. The van der Waals surface area contributed by atoms with E-state index in [-0.39, 0.29) is 0 Å². The zero-order valence-corrected chi connectivity index (χ0v) is 15.1. The Bertz CT molecular complexity index is 826. The first kappa shape index (κ1) is 19.0. The lowest BCUT2D eigenvalue weighted by molar-refractivity contribution is -0.136. The van der Waals surface area contributed by atoms with Crippen LogP contribution in [0, 0.1) is 13.8 Å². The van der Waals surface area contributed by atoms with Crippen LogP contribution >= 0.6 is 0 Å². The number of carbonyl (C=O) groups excluding carboxylic acids is 2. The maximum Gasteiger partial charge on any atom is 0.329 e. The summed E-state index contributed by atoms with van der Waals surface area (Å²) in [5.74, 6) is -0.490. The molecule has 7 heteroatoms. The van der Waals surface area contributed by atoms with Gasteiger partial charge in [0.15, 0.2) is 0 Å². The monoisotopic (exact) mass is 355 g/mol. The van der Waals surface area contributed by atoms with E-state index in [4.69, 9.17) is 9.47 Å². The van der Waals surface area contributed by atoms with E-state index < -0.39 is 11.8 Å².